The summed E-state index contributed by atoms with van der Waals surface area (Å²) in [7, 11) is 0. The first kappa shape index (κ1) is 11.1. The highest BCUT2D eigenvalue weighted by Crippen LogP contribution is 2.30. The van der Waals surface area contributed by atoms with Gasteiger partial charge in [0.15, 0.2) is 5.82 Å². The summed E-state index contributed by atoms with van der Waals surface area (Å²) in [5, 5.41) is 8.85. The SMILES string of the molecule is Cc1nnc(-c2ccc(Cl)cc2Cl)c(N)n1. The van der Waals surface area contributed by atoms with Gasteiger partial charge in [-0.05, 0) is 25.1 Å². The van der Waals surface area contributed by atoms with Crippen LogP contribution in [0.4, 0.5) is 5.82 Å². The predicted molar refractivity (Wildman–Crippen MR) is 64.4 cm³/mol. The van der Waals surface area contributed by atoms with E-state index in [9.17, 15) is 0 Å². The van der Waals surface area contributed by atoms with E-state index in [1.54, 1.807) is 25.1 Å². The number of rotatable bonds is 1. The molecule has 6 heteroatoms. The Labute approximate surface area is 102 Å². The number of hydrogen-bond acceptors (Lipinski definition) is 4. The lowest BCUT2D eigenvalue weighted by Gasteiger charge is -2.05. The maximum atomic E-state index is 6.04. The van der Waals surface area contributed by atoms with Crippen LogP contribution in [0.25, 0.3) is 11.3 Å². The number of benzene rings is 1. The smallest absolute Gasteiger partial charge is 0.154 e. The molecule has 0 saturated carbocycles. The maximum Gasteiger partial charge on any atom is 0.154 e. The van der Waals surface area contributed by atoms with E-state index in [1.165, 1.54) is 0 Å². The fourth-order valence-electron chi connectivity index (χ4n) is 1.30. The van der Waals surface area contributed by atoms with Gasteiger partial charge in [-0.1, -0.05) is 23.2 Å². The summed E-state index contributed by atoms with van der Waals surface area (Å²) in [5.74, 6) is 0.822. The van der Waals surface area contributed by atoms with Gasteiger partial charge in [0, 0.05) is 10.6 Å². The summed E-state index contributed by atoms with van der Waals surface area (Å²) in [4.78, 5) is 4.03. The molecule has 0 atom stereocenters. The van der Waals surface area contributed by atoms with Gasteiger partial charge in [-0.2, -0.15) is 0 Å². The molecule has 0 aliphatic carbocycles. The van der Waals surface area contributed by atoms with Gasteiger partial charge in [-0.25, -0.2) is 4.98 Å². The lowest BCUT2D eigenvalue weighted by molar-refractivity contribution is 0.920. The second-order valence-corrected chi connectivity index (χ2v) is 4.06. The molecule has 16 heavy (non-hydrogen) atoms. The van der Waals surface area contributed by atoms with E-state index < -0.39 is 0 Å². The van der Waals surface area contributed by atoms with E-state index in [0.717, 1.165) is 0 Å². The molecule has 2 aromatic rings. The number of halogens is 2. The largest absolute Gasteiger partial charge is 0.382 e. The van der Waals surface area contributed by atoms with Crippen LogP contribution in [0.2, 0.25) is 10.0 Å². The Morgan fingerprint density at radius 2 is 1.94 bits per heavy atom. The standard InChI is InChI=1S/C10H8Cl2N4/c1-5-14-10(13)9(16-15-5)7-3-2-6(11)4-8(7)12/h2-4H,1H3,(H2,13,14,15). The van der Waals surface area contributed by atoms with Gasteiger partial charge < -0.3 is 5.73 Å². The first-order valence-corrected chi connectivity index (χ1v) is 5.26. The van der Waals surface area contributed by atoms with E-state index in [1.807, 2.05) is 0 Å². The minimum absolute atomic E-state index is 0.303. The van der Waals surface area contributed by atoms with Crippen molar-refractivity contribution >= 4 is 29.0 Å². The van der Waals surface area contributed by atoms with Crippen molar-refractivity contribution in [2.24, 2.45) is 0 Å². The van der Waals surface area contributed by atoms with Crippen molar-refractivity contribution in [2.45, 2.75) is 6.92 Å². The van der Waals surface area contributed by atoms with Crippen LogP contribution in [0.3, 0.4) is 0 Å². The minimum atomic E-state index is 0.303. The van der Waals surface area contributed by atoms with E-state index in [-0.39, 0.29) is 0 Å². The van der Waals surface area contributed by atoms with E-state index in [0.29, 0.717) is 32.9 Å². The molecule has 0 amide bonds. The Morgan fingerprint density at radius 3 is 2.56 bits per heavy atom. The molecule has 0 fully saturated rings. The van der Waals surface area contributed by atoms with Crippen LogP contribution in [0.15, 0.2) is 18.2 Å². The zero-order valence-corrected chi connectivity index (χ0v) is 9.92. The molecular formula is C10H8Cl2N4. The summed E-state index contributed by atoms with van der Waals surface area (Å²) in [6.45, 7) is 1.72. The van der Waals surface area contributed by atoms with Gasteiger partial charge in [0.2, 0.25) is 0 Å². The van der Waals surface area contributed by atoms with Crippen molar-refractivity contribution in [1.29, 1.82) is 0 Å². The fraction of sp³-hybridized carbons (Fsp3) is 0.100. The Balaban J connectivity index is 2.59. The lowest BCUT2D eigenvalue weighted by Crippen LogP contribution is -2.02. The number of nitrogens with zero attached hydrogens (tertiary/aromatic N) is 3. The first-order chi connectivity index (χ1) is 7.58. The molecule has 0 spiro atoms. The van der Waals surface area contributed by atoms with Crippen molar-refractivity contribution in [2.75, 3.05) is 5.73 Å². The van der Waals surface area contributed by atoms with Gasteiger partial charge in [0.25, 0.3) is 0 Å². The van der Waals surface area contributed by atoms with Crippen LogP contribution in [-0.4, -0.2) is 15.2 Å². The molecule has 1 aromatic heterocycles. The van der Waals surface area contributed by atoms with Crippen molar-refractivity contribution < 1.29 is 0 Å². The normalized spacial score (nSPS) is 10.4. The molecule has 1 heterocycles. The Bertz CT molecular complexity index is 493. The second-order valence-electron chi connectivity index (χ2n) is 3.22. The van der Waals surface area contributed by atoms with Crippen LogP contribution in [0.1, 0.15) is 5.82 Å². The third kappa shape index (κ3) is 2.08. The molecule has 0 unspecified atom stereocenters. The van der Waals surface area contributed by atoms with Crippen LogP contribution in [0, 0.1) is 6.92 Å². The Morgan fingerprint density at radius 1 is 1.19 bits per heavy atom. The molecule has 1 aromatic carbocycles. The quantitative estimate of drug-likeness (QED) is 0.850. The summed E-state index contributed by atoms with van der Waals surface area (Å²) in [6.07, 6.45) is 0. The monoisotopic (exact) mass is 254 g/mol. The topological polar surface area (TPSA) is 64.7 Å². The number of aryl methyl sites for hydroxylation is 1. The predicted octanol–water partition coefficient (Wildman–Crippen LogP) is 2.74. The Hall–Kier alpha value is -1.39. The number of aromatic nitrogens is 3. The summed E-state index contributed by atoms with van der Waals surface area (Å²) in [5.41, 5.74) is 6.89. The maximum absolute atomic E-state index is 6.04. The zero-order chi connectivity index (χ0) is 11.7. The van der Waals surface area contributed by atoms with Crippen molar-refractivity contribution in [3.8, 4) is 11.3 Å². The third-order valence-electron chi connectivity index (χ3n) is 2.01. The average Bonchev–Trinajstić information content (AvgIpc) is 2.19. The molecule has 0 bridgehead atoms. The minimum Gasteiger partial charge on any atom is -0.382 e. The highest BCUT2D eigenvalue weighted by Gasteiger charge is 2.11. The number of nitrogens with two attached hydrogens (primary N) is 1. The molecule has 0 saturated heterocycles. The highest BCUT2D eigenvalue weighted by atomic mass is 35.5. The van der Waals surface area contributed by atoms with Gasteiger partial charge >= 0.3 is 0 Å². The van der Waals surface area contributed by atoms with Crippen LogP contribution in [0.5, 0.6) is 0 Å². The second kappa shape index (κ2) is 4.23. The third-order valence-corrected chi connectivity index (χ3v) is 2.55. The van der Waals surface area contributed by atoms with Crippen LogP contribution < -0.4 is 5.73 Å². The van der Waals surface area contributed by atoms with Crippen molar-refractivity contribution in [3.63, 3.8) is 0 Å². The zero-order valence-electron chi connectivity index (χ0n) is 8.41. The summed E-state index contributed by atoms with van der Waals surface area (Å²) < 4.78 is 0. The molecule has 2 rings (SSSR count). The van der Waals surface area contributed by atoms with E-state index in [2.05, 4.69) is 15.2 Å². The average molecular weight is 255 g/mol. The van der Waals surface area contributed by atoms with Gasteiger partial charge in [0.1, 0.15) is 11.5 Å². The first-order valence-electron chi connectivity index (χ1n) is 4.50. The molecule has 0 radical (unpaired) electrons. The Kier molecular flexibility index (Phi) is 2.94. The molecular weight excluding hydrogens is 247 g/mol. The summed E-state index contributed by atoms with van der Waals surface area (Å²) >= 11 is 11.8. The highest BCUT2D eigenvalue weighted by molar-refractivity contribution is 6.36. The van der Waals surface area contributed by atoms with Crippen LogP contribution >= 0.6 is 23.2 Å². The van der Waals surface area contributed by atoms with Crippen molar-refractivity contribution in [1.82, 2.24) is 15.2 Å². The molecule has 82 valence electrons. The van der Waals surface area contributed by atoms with Gasteiger partial charge in [-0.3, -0.25) is 0 Å². The fourth-order valence-corrected chi connectivity index (χ4v) is 1.79. The van der Waals surface area contributed by atoms with Crippen LogP contribution in [-0.2, 0) is 0 Å². The number of anilines is 1. The van der Waals surface area contributed by atoms with E-state index in [4.69, 9.17) is 28.9 Å². The number of nitrogen functional groups attached to an aromatic ring is 1. The van der Waals surface area contributed by atoms with Gasteiger partial charge in [-0.15, -0.1) is 10.2 Å². The summed E-state index contributed by atoms with van der Waals surface area (Å²) in [6, 6.07) is 5.07. The molecule has 2 N–H and O–H groups in total. The van der Waals surface area contributed by atoms with E-state index >= 15 is 0 Å². The van der Waals surface area contributed by atoms with Crippen molar-refractivity contribution in [3.05, 3.63) is 34.1 Å². The molecule has 0 aliphatic rings. The van der Waals surface area contributed by atoms with Gasteiger partial charge in [0.05, 0.1) is 5.02 Å². The molecule has 4 nitrogen and oxygen atoms in total. The lowest BCUT2D eigenvalue weighted by atomic mass is 10.1. The number of hydrogen-bond donors (Lipinski definition) is 1. The molecule has 0 aliphatic heterocycles.